The summed E-state index contributed by atoms with van der Waals surface area (Å²) in [4.78, 5) is 9.60. The number of rotatable bonds is 3. The van der Waals surface area contributed by atoms with Crippen molar-refractivity contribution in [3.63, 3.8) is 0 Å². The molecule has 0 aromatic rings. The van der Waals surface area contributed by atoms with Gasteiger partial charge >= 0.3 is 5.97 Å². The summed E-state index contributed by atoms with van der Waals surface area (Å²) in [5, 5.41) is 23.5. The molecule has 11 heavy (non-hydrogen) atoms. The molecule has 0 aromatic carbocycles. The molecule has 0 unspecified atom stereocenters. The average Bonchev–Trinajstić information content (AvgIpc) is 1.89. The Kier molecular flexibility index (Phi) is 11.0. The van der Waals surface area contributed by atoms with E-state index in [0.29, 0.717) is 6.42 Å². The molecular weight excluding hydrogens is 150 g/mol. The zero-order valence-electron chi connectivity index (χ0n) is 6.53. The minimum absolute atomic E-state index is 0.0833. The molecule has 0 heterocycles. The van der Waals surface area contributed by atoms with E-state index in [1.807, 2.05) is 6.92 Å². The maximum atomic E-state index is 9.60. The molecule has 0 aliphatic heterocycles. The van der Waals surface area contributed by atoms with Crippen LogP contribution in [0.2, 0.25) is 0 Å². The first-order valence-corrected chi connectivity index (χ1v) is 3.32. The van der Waals surface area contributed by atoms with Crippen LogP contribution in [-0.2, 0) is 4.79 Å². The van der Waals surface area contributed by atoms with Gasteiger partial charge in [-0.25, -0.2) is 0 Å². The van der Waals surface area contributed by atoms with Gasteiger partial charge in [0.15, 0.2) is 6.29 Å². The van der Waals surface area contributed by atoms with E-state index in [-0.39, 0.29) is 6.54 Å². The van der Waals surface area contributed by atoms with E-state index in [1.165, 1.54) is 0 Å². The van der Waals surface area contributed by atoms with Crippen LogP contribution in [0, 0.1) is 0 Å². The molecule has 0 bridgehead atoms. The molecule has 0 fully saturated rings. The van der Waals surface area contributed by atoms with Crippen molar-refractivity contribution in [1.29, 1.82) is 0 Å². The number of aliphatic hydroxyl groups excluding tert-OH is 1. The first kappa shape index (κ1) is 13.0. The van der Waals surface area contributed by atoms with Crippen LogP contribution in [-0.4, -0.2) is 34.1 Å². The normalized spacial score (nSPS) is 8.82. The molecule has 0 radical (unpaired) electrons. The highest BCUT2D eigenvalue weighted by Crippen LogP contribution is 1.82. The maximum absolute atomic E-state index is 9.60. The molecule has 5 nitrogen and oxygen atoms in total. The van der Waals surface area contributed by atoms with Gasteiger partial charge in [-0.3, -0.25) is 4.79 Å². The monoisotopic (exact) mass is 165 g/mol. The van der Waals surface area contributed by atoms with E-state index >= 15 is 0 Å². The highest BCUT2D eigenvalue weighted by Gasteiger charge is 1.87. The summed E-state index contributed by atoms with van der Waals surface area (Å²) in [6, 6.07) is 0. The fourth-order valence-corrected chi connectivity index (χ4v) is 0.214. The fourth-order valence-electron chi connectivity index (χ4n) is 0.214. The Bertz CT molecular complexity index is 94.6. The van der Waals surface area contributed by atoms with Gasteiger partial charge in [0.2, 0.25) is 0 Å². The summed E-state index contributed by atoms with van der Waals surface area (Å²) in [5.41, 5.74) is 4.67. The summed E-state index contributed by atoms with van der Waals surface area (Å²) >= 11 is 0. The summed E-state index contributed by atoms with van der Waals surface area (Å²) in [6.45, 7) is 1.76. The number of hydrogen-bond acceptors (Lipinski definition) is 4. The van der Waals surface area contributed by atoms with Crippen molar-refractivity contribution in [3.05, 3.63) is 0 Å². The predicted molar refractivity (Wildman–Crippen MR) is 39.8 cm³/mol. The number of nitrogens with two attached hydrogens (primary N) is 1. The Balaban J connectivity index is 0. The van der Waals surface area contributed by atoms with Crippen LogP contribution in [0.5, 0.6) is 0 Å². The van der Waals surface area contributed by atoms with Crippen LogP contribution in [0.4, 0.5) is 0 Å². The molecule has 0 atom stereocenters. The van der Waals surface area contributed by atoms with Gasteiger partial charge in [0.1, 0.15) is 0 Å². The molecular formula is C6H15NO4. The standard InChI is InChI=1S/C4H8O2.C2H7NO2/c1-2-3-4(5)6;3-1-2(4)5/h2-3H2,1H3,(H,5,6);2,4-5H,1,3H2. The molecule has 0 amide bonds. The van der Waals surface area contributed by atoms with Crippen LogP contribution >= 0.6 is 0 Å². The third-order valence-electron chi connectivity index (χ3n) is 0.675. The molecule has 0 saturated heterocycles. The highest BCUT2D eigenvalue weighted by molar-refractivity contribution is 5.66. The minimum atomic E-state index is -1.34. The molecule has 0 spiro atoms. The second-order valence-corrected chi connectivity index (χ2v) is 1.86. The van der Waals surface area contributed by atoms with Gasteiger partial charge in [-0.2, -0.15) is 0 Å². The quantitative estimate of drug-likeness (QED) is 0.407. The van der Waals surface area contributed by atoms with Gasteiger partial charge in [0, 0.05) is 13.0 Å². The highest BCUT2D eigenvalue weighted by atomic mass is 16.5. The number of aliphatic carboxylic acids is 1. The summed E-state index contributed by atoms with van der Waals surface area (Å²) in [6.07, 6.45) is -0.315. The van der Waals surface area contributed by atoms with Crippen molar-refractivity contribution in [3.8, 4) is 0 Å². The predicted octanol–water partition coefficient (Wildman–Crippen LogP) is -0.873. The van der Waals surface area contributed by atoms with Crippen molar-refractivity contribution in [2.75, 3.05) is 6.54 Å². The molecule has 0 aliphatic rings. The van der Waals surface area contributed by atoms with Gasteiger partial charge in [-0.05, 0) is 6.42 Å². The molecule has 0 aliphatic carbocycles. The van der Waals surface area contributed by atoms with Crippen molar-refractivity contribution < 1.29 is 20.1 Å². The summed E-state index contributed by atoms with van der Waals surface area (Å²) < 4.78 is 0. The number of carboxylic acid groups (broad SMARTS) is 1. The lowest BCUT2D eigenvalue weighted by atomic mass is 10.4. The SMILES string of the molecule is CCCC(=O)O.NCC(O)O. The Labute approximate surface area is 65.5 Å². The van der Waals surface area contributed by atoms with Crippen molar-refractivity contribution in [2.45, 2.75) is 26.1 Å². The molecule has 0 rings (SSSR count). The van der Waals surface area contributed by atoms with Crippen LogP contribution in [0.25, 0.3) is 0 Å². The van der Waals surface area contributed by atoms with Gasteiger partial charge in [0.05, 0.1) is 0 Å². The van der Waals surface area contributed by atoms with Gasteiger partial charge in [-0.1, -0.05) is 6.92 Å². The first-order chi connectivity index (χ1) is 5.04. The van der Waals surface area contributed by atoms with Gasteiger partial charge < -0.3 is 21.1 Å². The Hall–Kier alpha value is -0.650. The average molecular weight is 165 g/mol. The Morgan fingerprint density at radius 2 is 1.91 bits per heavy atom. The molecule has 68 valence electrons. The number of carbonyl (C=O) groups is 1. The Morgan fingerprint density at radius 1 is 1.55 bits per heavy atom. The van der Waals surface area contributed by atoms with Crippen LogP contribution in [0.1, 0.15) is 19.8 Å². The minimum Gasteiger partial charge on any atom is -0.481 e. The lowest BCUT2D eigenvalue weighted by Gasteiger charge is -1.90. The number of carboxylic acids is 1. The smallest absolute Gasteiger partial charge is 0.303 e. The molecule has 0 aromatic heterocycles. The lowest BCUT2D eigenvalue weighted by molar-refractivity contribution is -0.137. The van der Waals surface area contributed by atoms with E-state index < -0.39 is 12.3 Å². The second kappa shape index (κ2) is 9.35. The van der Waals surface area contributed by atoms with E-state index in [1.54, 1.807) is 0 Å². The number of aliphatic hydroxyl groups is 2. The van der Waals surface area contributed by atoms with Crippen molar-refractivity contribution >= 4 is 5.97 Å². The zero-order valence-corrected chi connectivity index (χ0v) is 6.53. The lowest BCUT2D eigenvalue weighted by Crippen LogP contribution is -2.17. The van der Waals surface area contributed by atoms with E-state index in [4.69, 9.17) is 15.3 Å². The maximum Gasteiger partial charge on any atom is 0.303 e. The molecule has 0 saturated carbocycles. The summed E-state index contributed by atoms with van der Waals surface area (Å²) in [7, 11) is 0. The Morgan fingerprint density at radius 3 is 1.91 bits per heavy atom. The third-order valence-corrected chi connectivity index (χ3v) is 0.675. The van der Waals surface area contributed by atoms with Crippen LogP contribution < -0.4 is 5.73 Å². The van der Waals surface area contributed by atoms with E-state index in [0.717, 1.165) is 6.42 Å². The van der Waals surface area contributed by atoms with Crippen LogP contribution in [0.15, 0.2) is 0 Å². The van der Waals surface area contributed by atoms with Crippen LogP contribution in [0.3, 0.4) is 0 Å². The summed E-state index contributed by atoms with van der Waals surface area (Å²) in [5.74, 6) is -0.711. The van der Waals surface area contributed by atoms with E-state index in [2.05, 4.69) is 5.73 Å². The van der Waals surface area contributed by atoms with E-state index in [9.17, 15) is 4.79 Å². The number of hydrogen-bond donors (Lipinski definition) is 4. The zero-order chi connectivity index (χ0) is 9.28. The third kappa shape index (κ3) is 26.7. The fraction of sp³-hybridized carbons (Fsp3) is 0.833. The molecule has 5 N–H and O–H groups in total. The van der Waals surface area contributed by atoms with Gasteiger partial charge in [-0.15, -0.1) is 0 Å². The first-order valence-electron chi connectivity index (χ1n) is 3.32. The largest absolute Gasteiger partial charge is 0.481 e. The van der Waals surface area contributed by atoms with Crippen molar-refractivity contribution in [1.82, 2.24) is 0 Å². The second-order valence-electron chi connectivity index (χ2n) is 1.86. The van der Waals surface area contributed by atoms with Gasteiger partial charge in [0.25, 0.3) is 0 Å². The molecule has 5 heteroatoms. The van der Waals surface area contributed by atoms with Crippen molar-refractivity contribution in [2.24, 2.45) is 5.73 Å². The topological polar surface area (TPSA) is 104 Å².